The largest absolute Gasteiger partial charge is 0.266 e. The van der Waals surface area contributed by atoms with Gasteiger partial charge in [-0.15, -0.1) is 0 Å². The zero-order valence-electron chi connectivity index (χ0n) is 9.94. The molecule has 0 aromatic heterocycles. The molecule has 0 aliphatic heterocycles. The predicted octanol–water partition coefficient (Wildman–Crippen LogP) is 5.12. The lowest BCUT2D eigenvalue weighted by Crippen LogP contribution is -1.92. The Morgan fingerprint density at radius 3 is 1.80 bits per heavy atom. The summed E-state index contributed by atoms with van der Waals surface area (Å²) in [6, 6.07) is 3.97. The minimum atomic E-state index is -2.73. The maximum absolute atomic E-state index is 12.8. The molecule has 0 N–H and O–H groups in total. The Morgan fingerprint density at radius 1 is 1.00 bits per heavy atom. The van der Waals surface area contributed by atoms with Crippen LogP contribution in [0.15, 0.2) is 18.2 Å². The molecule has 0 bridgehead atoms. The van der Waals surface area contributed by atoms with Crippen molar-refractivity contribution in [1.82, 2.24) is 0 Å². The Kier molecular flexibility index (Phi) is 10.5. The average Bonchev–Trinajstić information content (AvgIpc) is 2.27. The fourth-order valence-electron chi connectivity index (χ4n) is 0.839. The summed E-state index contributed by atoms with van der Waals surface area (Å²) >= 11 is 0. The number of benzene rings is 1. The lowest BCUT2D eigenvalue weighted by atomic mass is 10.1. The number of alkyl halides is 2. The van der Waals surface area contributed by atoms with E-state index in [9.17, 15) is 13.2 Å². The normalized spacial score (nSPS) is 8.60. The lowest BCUT2D eigenvalue weighted by molar-refractivity contribution is 0.146. The first-order valence-electron chi connectivity index (χ1n) is 5.16. The van der Waals surface area contributed by atoms with Gasteiger partial charge in [-0.05, 0) is 12.5 Å². The quantitative estimate of drug-likeness (QED) is 0.615. The summed E-state index contributed by atoms with van der Waals surface area (Å²) < 4.78 is 36.7. The third-order valence-corrected chi connectivity index (χ3v) is 1.46. The van der Waals surface area contributed by atoms with Gasteiger partial charge in [0.05, 0.1) is 5.56 Å². The van der Waals surface area contributed by atoms with Gasteiger partial charge in [0.15, 0.2) is 0 Å². The topological polar surface area (TPSA) is 0 Å². The smallest absolute Gasteiger partial charge is 0.206 e. The van der Waals surface area contributed by atoms with Crippen molar-refractivity contribution in [1.29, 1.82) is 0 Å². The monoisotopic (exact) mass is 220 g/mol. The summed E-state index contributed by atoms with van der Waals surface area (Å²) in [5, 5.41) is 0. The maximum Gasteiger partial charge on any atom is 0.266 e. The highest BCUT2D eigenvalue weighted by molar-refractivity contribution is 5.25. The number of rotatable bonds is 1. The van der Waals surface area contributed by atoms with Crippen LogP contribution < -0.4 is 0 Å². The summed E-state index contributed by atoms with van der Waals surface area (Å²) in [4.78, 5) is 0. The van der Waals surface area contributed by atoms with E-state index in [4.69, 9.17) is 0 Å². The van der Waals surface area contributed by atoms with E-state index in [0.29, 0.717) is 0 Å². The van der Waals surface area contributed by atoms with E-state index in [1.54, 1.807) is 0 Å². The van der Waals surface area contributed by atoms with Gasteiger partial charge in [0.2, 0.25) is 0 Å². The van der Waals surface area contributed by atoms with Gasteiger partial charge in [0.1, 0.15) is 5.82 Å². The van der Waals surface area contributed by atoms with Crippen molar-refractivity contribution >= 4 is 0 Å². The summed E-state index contributed by atoms with van der Waals surface area (Å²) in [5.74, 6) is -0.803. The zero-order chi connectivity index (χ0) is 12.4. The first-order chi connectivity index (χ1) is 7.13. The van der Waals surface area contributed by atoms with Crippen molar-refractivity contribution in [3.05, 3.63) is 35.1 Å². The van der Waals surface area contributed by atoms with Crippen molar-refractivity contribution in [3.8, 4) is 0 Å². The molecule has 0 atom stereocenters. The second-order valence-corrected chi connectivity index (χ2v) is 2.28. The first kappa shape index (κ1) is 16.4. The summed E-state index contributed by atoms with van der Waals surface area (Å²) in [7, 11) is 0. The van der Waals surface area contributed by atoms with Crippen LogP contribution in [0.4, 0.5) is 13.2 Å². The molecule has 0 saturated heterocycles. The van der Waals surface area contributed by atoms with Crippen LogP contribution in [0, 0.1) is 12.7 Å². The summed E-state index contributed by atoms with van der Waals surface area (Å²) in [5.41, 5.74) is -0.271. The SMILES string of the molecule is CC.CC.Cc1cccc(C(F)F)c1F. The van der Waals surface area contributed by atoms with Crippen LogP contribution in [0.2, 0.25) is 0 Å². The molecule has 0 heterocycles. The van der Waals surface area contributed by atoms with Crippen LogP contribution >= 0.6 is 0 Å². The molecular weight excluding hydrogens is 201 g/mol. The third kappa shape index (κ3) is 5.45. The number of hydrogen-bond donors (Lipinski definition) is 0. The van der Waals surface area contributed by atoms with Crippen molar-refractivity contribution in [2.75, 3.05) is 0 Å². The van der Waals surface area contributed by atoms with Gasteiger partial charge in [-0.1, -0.05) is 45.9 Å². The van der Waals surface area contributed by atoms with E-state index >= 15 is 0 Å². The van der Waals surface area contributed by atoms with E-state index in [2.05, 4.69) is 0 Å². The highest BCUT2D eigenvalue weighted by Gasteiger charge is 2.13. The Morgan fingerprint density at radius 2 is 1.47 bits per heavy atom. The van der Waals surface area contributed by atoms with Crippen LogP contribution in [-0.4, -0.2) is 0 Å². The molecule has 0 fully saturated rings. The standard InChI is InChI=1S/C8H7F3.2C2H6/c1-5-3-2-4-6(7(5)9)8(10)11;2*1-2/h2-4,8H,1H3;2*1-2H3. The van der Waals surface area contributed by atoms with Gasteiger partial charge in [-0.25, -0.2) is 13.2 Å². The summed E-state index contributed by atoms with van der Waals surface area (Å²) in [6.07, 6.45) is -2.73. The Hall–Kier alpha value is -0.990. The molecule has 1 rings (SSSR count). The van der Waals surface area contributed by atoms with Gasteiger partial charge >= 0.3 is 0 Å². The summed E-state index contributed by atoms with van der Waals surface area (Å²) in [6.45, 7) is 9.46. The molecule has 1 aromatic rings. The fraction of sp³-hybridized carbons (Fsp3) is 0.500. The van der Waals surface area contributed by atoms with Gasteiger partial charge in [-0.2, -0.15) is 0 Å². The molecule has 0 aliphatic rings. The first-order valence-corrected chi connectivity index (χ1v) is 5.16. The predicted molar refractivity (Wildman–Crippen MR) is 58.8 cm³/mol. The molecule has 15 heavy (non-hydrogen) atoms. The zero-order valence-corrected chi connectivity index (χ0v) is 9.94. The molecule has 88 valence electrons. The Bertz CT molecular complexity index is 257. The lowest BCUT2D eigenvalue weighted by Gasteiger charge is -2.02. The van der Waals surface area contributed by atoms with Crippen LogP contribution in [0.3, 0.4) is 0 Å². The molecule has 0 spiro atoms. The molecule has 3 heteroatoms. The van der Waals surface area contributed by atoms with Crippen LogP contribution in [0.5, 0.6) is 0 Å². The van der Waals surface area contributed by atoms with Gasteiger partial charge < -0.3 is 0 Å². The molecule has 1 aromatic carbocycles. The molecule has 0 amide bonds. The van der Waals surface area contributed by atoms with Gasteiger partial charge in [0.25, 0.3) is 6.43 Å². The Balaban J connectivity index is 0. The fourth-order valence-corrected chi connectivity index (χ4v) is 0.839. The van der Waals surface area contributed by atoms with Crippen LogP contribution in [0.25, 0.3) is 0 Å². The molecule has 0 unspecified atom stereocenters. The number of aryl methyl sites for hydroxylation is 1. The van der Waals surface area contributed by atoms with E-state index < -0.39 is 17.8 Å². The maximum atomic E-state index is 12.8. The highest BCUT2D eigenvalue weighted by Crippen LogP contribution is 2.23. The highest BCUT2D eigenvalue weighted by atomic mass is 19.3. The van der Waals surface area contributed by atoms with E-state index in [1.165, 1.54) is 19.1 Å². The van der Waals surface area contributed by atoms with Crippen molar-refractivity contribution < 1.29 is 13.2 Å². The third-order valence-electron chi connectivity index (χ3n) is 1.46. The van der Waals surface area contributed by atoms with Crippen molar-refractivity contribution in [3.63, 3.8) is 0 Å². The second kappa shape index (κ2) is 9.56. The molecular formula is C12H19F3. The molecule has 0 aliphatic carbocycles. The van der Waals surface area contributed by atoms with Gasteiger partial charge in [0, 0.05) is 0 Å². The minimum absolute atomic E-state index is 0.253. The van der Waals surface area contributed by atoms with Gasteiger partial charge in [-0.3, -0.25) is 0 Å². The van der Waals surface area contributed by atoms with Crippen LogP contribution in [-0.2, 0) is 0 Å². The van der Waals surface area contributed by atoms with E-state index in [-0.39, 0.29) is 5.56 Å². The Labute approximate surface area is 90.1 Å². The van der Waals surface area contributed by atoms with Crippen molar-refractivity contribution in [2.24, 2.45) is 0 Å². The molecule has 0 nitrogen and oxygen atoms in total. The molecule has 0 saturated carbocycles. The number of hydrogen-bond acceptors (Lipinski definition) is 0. The average molecular weight is 220 g/mol. The van der Waals surface area contributed by atoms with Crippen molar-refractivity contribution in [2.45, 2.75) is 41.0 Å². The molecule has 0 radical (unpaired) electrons. The van der Waals surface area contributed by atoms with E-state index in [1.807, 2.05) is 27.7 Å². The minimum Gasteiger partial charge on any atom is -0.206 e. The van der Waals surface area contributed by atoms with Crippen LogP contribution in [0.1, 0.15) is 45.2 Å². The second-order valence-electron chi connectivity index (χ2n) is 2.28. The van der Waals surface area contributed by atoms with E-state index in [0.717, 1.165) is 6.07 Å². The number of halogens is 3.